The van der Waals surface area contributed by atoms with Gasteiger partial charge in [0.25, 0.3) is 10.0 Å². The molecule has 0 saturated carbocycles. The van der Waals surface area contributed by atoms with E-state index in [-0.39, 0.29) is 10.2 Å². The first-order valence-electron chi connectivity index (χ1n) is 6.04. The number of aromatic nitrogens is 3. The minimum atomic E-state index is -3.87. The highest BCUT2D eigenvalue weighted by Gasteiger charge is 2.26. The SMILES string of the molecule is O=S(=O)(Nc1nc2ccccc2s1)c1c(Cl)nc2sccn12. The lowest BCUT2D eigenvalue weighted by Gasteiger charge is -2.03. The van der Waals surface area contributed by atoms with Crippen LogP contribution in [0.25, 0.3) is 15.2 Å². The van der Waals surface area contributed by atoms with E-state index in [1.54, 1.807) is 11.6 Å². The topological polar surface area (TPSA) is 76.4 Å². The molecule has 0 unspecified atom stereocenters. The minimum Gasteiger partial charge on any atom is -0.278 e. The molecule has 0 spiro atoms. The molecule has 3 aromatic heterocycles. The van der Waals surface area contributed by atoms with E-state index in [9.17, 15) is 8.42 Å². The summed E-state index contributed by atoms with van der Waals surface area (Å²) >= 11 is 8.55. The third kappa shape index (κ3) is 2.17. The molecular weight excluding hydrogens is 364 g/mol. The van der Waals surface area contributed by atoms with Crippen LogP contribution in [-0.4, -0.2) is 22.8 Å². The lowest BCUT2D eigenvalue weighted by molar-refractivity contribution is 0.596. The van der Waals surface area contributed by atoms with Crippen molar-refractivity contribution < 1.29 is 8.42 Å². The molecule has 0 radical (unpaired) electrons. The molecule has 0 aliphatic carbocycles. The van der Waals surface area contributed by atoms with Gasteiger partial charge in [-0.2, -0.15) is 8.42 Å². The standard InChI is InChI=1S/C12H7ClN4O2S3/c13-9-10(17-5-6-20-12(17)15-9)22(18,19)16-11-14-7-3-1-2-4-8(7)21-11/h1-6H,(H,14,16). The summed E-state index contributed by atoms with van der Waals surface area (Å²) in [6.45, 7) is 0. The second-order valence-electron chi connectivity index (χ2n) is 4.36. The van der Waals surface area contributed by atoms with Crippen LogP contribution in [0.15, 0.2) is 40.9 Å². The van der Waals surface area contributed by atoms with Crippen molar-refractivity contribution in [1.29, 1.82) is 0 Å². The van der Waals surface area contributed by atoms with Crippen LogP contribution in [0.2, 0.25) is 5.15 Å². The molecule has 0 bridgehead atoms. The fraction of sp³-hybridized carbons (Fsp3) is 0. The van der Waals surface area contributed by atoms with E-state index in [0.717, 1.165) is 10.2 Å². The van der Waals surface area contributed by atoms with Gasteiger partial charge in [-0.1, -0.05) is 35.1 Å². The summed E-state index contributed by atoms with van der Waals surface area (Å²) in [5, 5.41) is 1.91. The Labute approximate surface area is 138 Å². The van der Waals surface area contributed by atoms with Crippen LogP contribution < -0.4 is 4.72 Å². The number of imidazole rings is 1. The summed E-state index contributed by atoms with van der Waals surface area (Å²) < 4.78 is 30.0. The zero-order chi connectivity index (χ0) is 15.3. The first-order valence-corrected chi connectivity index (χ1v) is 9.60. The monoisotopic (exact) mass is 370 g/mol. The van der Waals surface area contributed by atoms with E-state index >= 15 is 0 Å². The first kappa shape index (κ1) is 13.9. The van der Waals surface area contributed by atoms with E-state index in [1.807, 2.05) is 24.3 Å². The molecule has 1 aromatic carbocycles. The summed E-state index contributed by atoms with van der Waals surface area (Å²) in [7, 11) is -3.87. The van der Waals surface area contributed by atoms with Gasteiger partial charge in [0, 0.05) is 11.6 Å². The summed E-state index contributed by atoms with van der Waals surface area (Å²) in [5.74, 6) is 0. The Balaban J connectivity index is 1.80. The number of hydrogen-bond donors (Lipinski definition) is 1. The Morgan fingerprint density at radius 3 is 2.86 bits per heavy atom. The molecule has 0 aliphatic rings. The Morgan fingerprint density at radius 1 is 1.23 bits per heavy atom. The Morgan fingerprint density at radius 2 is 2.05 bits per heavy atom. The summed E-state index contributed by atoms with van der Waals surface area (Å²) in [4.78, 5) is 8.82. The number of fused-ring (bicyclic) bond motifs is 2. The van der Waals surface area contributed by atoms with Crippen molar-refractivity contribution in [2.75, 3.05) is 4.72 Å². The molecular formula is C12H7ClN4O2S3. The number of benzene rings is 1. The van der Waals surface area contributed by atoms with Crippen molar-refractivity contribution in [1.82, 2.24) is 14.4 Å². The molecule has 0 fully saturated rings. The molecule has 0 amide bonds. The highest BCUT2D eigenvalue weighted by molar-refractivity contribution is 7.93. The maximum absolute atomic E-state index is 12.6. The van der Waals surface area contributed by atoms with Gasteiger partial charge < -0.3 is 0 Å². The Hall–Kier alpha value is -1.68. The summed E-state index contributed by atoms with van der Waals surface area (Å²) in [5.41, 5.74) is 0.741. The normalized spacial score (nSPS) is 12.2. The second kappa shape index (κ2) is 4.92. The molecule has 0 atom stereocenters. The van der Waals surface area contributed by atoms with Crippen molar-refractivity contribution in [3.8, 4) is 0 Å². The van der Waals surface area contributed by atoms with Gasteiger partial charge in [0.1, 0.15) is 0 Å². The van der Waals surface area contributed by atoms with E-state index in [1.165, 1.54) is 27.1 Å². The quantitative estimate of drug-likeness (QED) is 0.599. The number of para-hydroxylation sites is 1. The Bertz CT molecular complexity index is 1060. The van der Waals surface area contributed by atoms with Crippen molar-refractivity contribution in [2.45, 2.75) is 5.03 Å². The number of thiazole rings is 2. The minimum absolute atomic E-state index is 0.0551. The summed E-state index contributed by atoms with van der Waals surface area (Å²) in [6, 6.07) is 7.44. The number of sulfonamides is 1. The van der Waals surface area contributed by atoms with E-state index in [0.29, 0.717) is 10.1 Å². The number of nitrogens with zero attached hydrogens (tertiary/aromatic N) is 3. The van der Waals surface area contributed by atoms with Gasteiger partial charge in [-0.05, 0) is 12.1 Å². The van der Waals surface area contributed by atoms with Crippen LogP contribution in [-0.2, 0) is 10.0 Å². The molecule has 1 N–H and O–H groups in total. The smallest absolute Gasteiger partial charge is 0.278 e. The molecule has 6 nitrogen and oxygen atoms in total. The molecule has 3 heterocycles. The number of anilines is 1. The van der Waals surface area contributed by atoms with Crippen LogP contribution in [0, 0.1) is 0 Å². The lowest BCUT2D eigenvalue weighted by Crippen LogP contribution is -2.15. The average molecular weight is 371 g/mol. The van der Waals surface area contributed by atoms with Crippen LogP contribution in [0.5, 0.6) is 0 Å². The maximum atomic E-state index is 12.6. The van der Waals surface area contributed by atoms with Crippen LogP contribution in [0.4, 0.5) is 5.13 Å². The maximum Gasteiger partial charge on any atom is 0.282 e. The fourth-order valence-electron chi connectivity index (χ4n) is 2.06. The van der Waals surface area contributed by atoms with Gasteiger partial charge in [0.05, 0.1) is 10.2 Å². The van der Waals surface area contributed by atoms with Crippen LogP contribution in [0.1, 0.15) is 0 Å². The predicted octanol–water partition coefficient (Wildman–Crippen LogP) is 3.46. The van der Waals surface area contributed by atoms with Crippen molar-refractivity contribution in [3.05, 3.63) is 41.0 Å². The van der Waals surface area contributed by atoms with Gasteiger partial charge >= 0.3 is 0 Å². The van der Waals surface area contributed by atoms with E-state index < -0.39 is 10.0 Å². The number of nitrogens with one attached hydrogen (secondary N) is 1. The van der Waals surface area contributed by atoms with Gasteiger partial charge in [-0.25, -0.2) is 9.97 Å². The largest absolute Gasteiger partial charge is 0.282 e. The fourth-order valence-corrected chi connectivity index (χ4v) is 5.61. The third-order valence-electron chi connectivity index (χ3n) is 2.95. The number of rotatable bonds is 3. The molecule has 4 rings (SSSR count). The second-order valence-corrected chi connectivity index (χ2v) is 8.21. The molecule has 10 heteroatoms. The first-order chi connectivity index (χ1) is 10.5. The van der Waals surface area contributed by atoms with Crippen molar-refractivity contribution >= 4 is 64.6 Å². The zero-order valence-corrected chi connectivity index (χ0v) is 13.9. The Kier molecular flexibility index (Phi) is 3.12. The van der Waals surface area contributed by atoms with Crippen molar-refractivity contribution in [3.63, 3.8) is 0 Å². The number of halogens is 1. The van der Waals surface area contributed by atoms with Gasteiger partial charge in [-0.15, -0.1) is 11.3 Å². The van der Waals surface area contributed by atoms with Crippen LogP contribution in [0.3, 0.4) is 0 Å². The van der Waals surface area contributed by atoms with Crippen molar-refractivity contribution in [2.24, 2.45) is 0 Å². The average Bonchev–Trinajstić information content (AvgIpc) is 3.10. The van der Waals surface area contributed by atoms with Crippen LogP contribution >= 0.6 is 34.3 Å². The molecule has 22 heavy (non-hydrogen) atoms. The molecule has 112 valence electrons. The van der Waals surface area contributed by atoms with Gasteiger partial charge in [0.15, 0.2) is 20.3 Å². The van der Waals surface area contributed by atoms with E-state index in [2.05, 4.69) is 14.7 Å². The number of hydrogen-bond acceptors (Lipinski definition) is 6. The predicted molar refractivity (Wildman–Crippen MR) is 88.5 cm³/mol. The zero-order valence-electron chi connectivity index (χ0n) is 10.7. The molecule has 0 aliphatic heterocycles. The molecule has 0 saturated heterocycles. The van der Waals surface area contributed by atoms with E-state index in [4.69, 9.17) is 11.6 Å². The summed E-state index contributed by atoms with van der Waals surface area (Å²) in [6.07, 6.45) is 1.62. The highest BCUT2D eigenvalue weighted by atomic mass is 35.5. The highest BCUT2D eigenvalue weighted by Crippen LogP contribution is 2.30. The third-order valence-corrected chi connectivity index (χ3v) is 6.52. The molecule has 4 aromatic rings. The van der Waals surface area contributed by atoms with Gasteiger partial charge in [0.2, 0.25) is 0 Å². The van der Waals surface area contributed by atoms with Gasteiger partial charge in [-0.3, -0.25) is 9.12 Å². The lowest BCUT2D eigenvalue weighted by atomic mass is 10.3.